The summed E-state index contributed by atoms with van der Waals surface area (Å²) in [6, 6.07) is -0.994. The fraction of sp³-hybridized carbons (Fsp3) is 0.429. The van der Waals surface area contributed by atoms with Crippen molar-refractivity contribution in [2.45, 2.75) is 12.2 Å². The van der Waals surface area contributed by atoms with Gasteiger partial charge in [0.25, 0.3) is 0 Å². The zero-order valence-electron chi connectivity index (χ0n) is 17.6. The minimum atomic E-state index is -3.77. The summed E-state index contributed by atoms with van der Waals surface area (Å²) in [5.74, 6) is -0.637. The van der Waals surface area contributed by atoms with Crippen LogP contribution in [0.5, 0.6) is 0 Å². The summed E-state index contributed by atoms with van der Waals surface area (Å²) in [6.45, 7) is -1.81. The zero-order chi connectivity index (χ0) is 20.0. The van der Waals surface area contributed by atoms with Crippen LogP contribution in [0, 0.1) is 0 Å². The van der Waals surface area contributed by atoms with Crippen LogP contribution in [0.3, 0.4) is 0 Å². The van der Waals surface area contributed by atoms with E-state index in [9.17, 15) is 8.42 Å². The molecule has 2 aromatic rings. The van der Waals surface area contributed by atoms with Gasteiger partial charge in [0.2, 0.25) is 10.0 Å². The SMILES string of the molecule is [2H]c1[nH]c2c([2H])c([2H])c(CS(=O)(=O)NC)c([2H])c2c1CC([2H])([2H])N(C)C. The third-order valence-electron chi connectivity index (χ3n) is 2.72. The quantitative estimate of drug-likeness (QED) is 0.846. The van der Waals surface area contributed by atoms with Gasteiger partial charge >= 0.3 is 0 Å². The maximum atomic E-state index is 11.9. The van der Waals surface area contributed by atoms with Crippen LogP contribution >= 0.6 is 0 Å². The summed E-state index contributed by atoms with van der Waals surface area (Å²) < 4.78 is 74.6. The minimum absolute atomic E-state index is 0.0696. The van der Waals surface area contributed by atoms with Gasteiger partial charge in [0, 0.05) is 26.3 Å². The van der Waals surface area contributed by atoms with Crippen molar-refractivity contribution in [3.05, 3.63) is 35.4 Å². The second kappa shape index (κ2) is 5.95. The zero-order valence-corrected chi connectivity index (χ0v) is 12.4. The molecule has 1 aromatic carbocycles. The second-order valence-electron chi connectivity index (χ2n) is 4.52. The van der Waals surface area contributed by atoms with Gasteiger partial charge in [-0.3, -0.25) is 0 Å². The van der Waals surface area contributed by atoms with Gasteiger partial charge in [-0.15, -0.1) is 0 Å². The number of sulfonamides is 1. The van der Waals surface area contributed by atoms with Gasteiger partial charge in [-0.05, 0) is 50.8 Å². The lowest BCUT2D eigenvalue weighted by molar-refractivity contribution is 0.414. The highest BCUT2D eigenvalue weighted by molar-refractivity contribution is 7.88. The Hall–Kier alpha value is -1.37. The van der Waals surface area contributed by atoms with Crippen LogP contribution in [0.4, 0.5) is 0 Å². The number of hydrogen-bond donors (Lipinski definition) is 2. The van der Waals surface area contributed by atoms with Crippen molar-refractivity contribution in [2.75, 3.05) is 27.6 Å². The van der Waals surface area contributed by atoms with E-state index in [1.54, 1.807) is 14.1 Å². The van der Waals surface area contributed by atoms with Crippen molar-refractivity contribution in [3.63, 3.8) is 0 Å². The predicted molar refractivity (Wildman–Crippen MR) is 82.2 cm³/mol. The van der Waals surface area contributed by atoms with E-state index in [2.05, 4.69) is 9.71 Å². The molecule has 0 atom stereocenters. The van der Waals surface area contributed by atoms with Gasteiger partial charge in [0.15, 0.2) is 0 Å². The molecular weight excluding hydrogens is 274 g/mol. The maximum absolute atomic E-state index is 11.9. The third-order valence-corrected chi connectivity index (χ3v) is 4.01. The molecule has 20 heavy (non-hydrogen) atoms. The average molecular weight is 301 g/mol. The molecule has 6 heteroatoms. The Labute approximate surface area is 128 Å². The average Bonchev–Trinajstić information content (AvgIpc) is 2.86. The Bertz CT molecular complexity index is 956. The highest BCUT2D eigenvalue weighted by Crippen LogP contribution is 2.21. The normalized spacial score (nSPS) is 17.4. The molecule has 0 fully saturated rings. The molecular formula is C14H21N3O2S. The van der Waals surface area contributed by atoms with E-state index in [0.29, 0.717) is 0 Å². The van der Waals surface area contributed by atoms with E-state index >= 15 is 0 Å². The van der Waals surface area contributed by atoms with Crippen LogP contribution in [0.1, 0.15) is 19.4 Å². The van der Waals surface area contributed by atoms with Gasteiger partial charge in [-0.1, -0.05) is 6.04 Å². The van der Waals surface area contributed by atoms with E-state index < -0.39 is 28.3 Å². The van der Waals surface area contributed by atoms with Crippen LogP contribution in [0.2, 0.25) is 0 Å². The first-order chi connectivity index (χ1) is 11.8. The first-order valence-corrected chi connectivity index (χ1v) is 7.66. The molecule has 2 rings (SSSR count). The molecule has 0 bridgehead atoms. The number of aromatic amines is 1. The lowest BCUT2D eigenvalue weighted by Crippen LogP contribution is -2.20. The summed E-state index contributed by atoms with van der Waals surface area (Å²) >= 11 is 0. The molecule has 0 aliphatic carbocycles. The molecule has 0 unspecified atom stereocenters. The number of benzene rings is 1. The van der Waals surface area contributed by atoms with Crippen molar-refractivity contribution in [1.29, 1.82) is 0 Å². The molecule has 0 aliphatic heterocycles. The van der Waals surface area contributed by atoms with E-state index in [0.717, 1.165) is 0 Å². The van der Waals surface area contributed by atoms with Crippen LogP contribution in [-0.2, 0) is 22.2 Å². The van der Waals surface area contributed by atoms with Gasteiger partial charge in [0.05, 0.1) is 11.2 Å². The standard InChI is InChI=1S/C14H21N3O2S/c1-15-20(18,19)10-11-4-5-14-13(8-11)12(9-16-14)6-7-17(2)3/h4-5,8-9,15-16H,6-7,10H2,1-3H3/i4D,5D,7D2,8D,9D. The number of rotatable bonds is 6. The molecule has 1 aromatic heterocycles. The van der Waals surface area contributed by atoms with Gasteiger partial charge < -0.3 is 9.88 Å². The molecule has 0 saturated heterocycles. The molecule has 110 valence electrons. The van der Waals surface area contributed by atoms with Crippen LogP contribution < -0.4 is 4.72 Å². The molecule has 0 radical (unpaired) electrons. The van der Waals surface area contributed by atoms with Crippen LogP contribution in [0.15, 0.2) is 24.3 Å². The largest absolute Gasteiger partial charge is 0.361 e. The Kier molecular flexibility index (Phi) is 2.62. The van der Waals surface area contributed by atoms with Crippen molar-refractivity contribution < 1.29 is 16.6 Å². The molecule has 1 heterocycles. The molecule has 0 aliphatic rings. The third kappa shape index (κ3) is 3.59. The van der Waals surface area contributed by atoms with Gasteiger partial charge in [0.1, 0.15) is 0 Å². The monoisotopic (exact) mass is 301 g/mol. The van der Waals surface area contributed by atoms with E-state index in [4.69, 9.17) is 8.22 Å². The molecule has 0 saturated carbocycles. The minimum Gasteiger partial charge on any atom is -0.361 e. The highest BCUT2D eigenvalue weighted by Gasteiger charge is 2.11. The number of aromatic nitrogens is 1. The van der Waals surface area contributed by atoms with Gasteiger partial charge in [-0.25, -0.2) is 13.1 Å². The van der Waals surface area contributed by atoms with Gasteiger partial charge in [-0.2, -0.15) is 0 Å². The Morgan fingerprint density at radius 1 is 1.45 bits per heavy atom. The summed E-state index contributed by atoms with van der Waals surface area (Å²) in [5, 5.41) is 0.114. The Balaban J connectivity index is 2.78. The molecule has 5 nitrogen and oxygen atoms in total. The Morgan fingerprint density at radius 2 is 2.20 bits per heavy atom. The number of hydrogen-bond acceptors (Lipinski definition) is 3. The number of aryl methyl sites for hydroxylation is 1. The number of H-pyrrole nitrogens is 1. The first kappa shape index (κ1) is 8.81. The summed E-state index contributed by atoms with van der Waals surface area (Å²) in [7, 11) is 0.539. The number of likely N-dealkylation sites (N-methyl/N-ethyl adjacent to an activating group) is 1. The fourth-order valence-corrected chi connectivity index (χ4v) is 2.34. The Morgan fingerprint density at radius 3 is 2.85 bits per heavy atom. The number of nitrogens with zero attached hydrogens (tertiary/aromatic N) is 1. The van der Waals surface area contributed by atoms with E-state index in [1.165, 1.54) is 11.9 Å². The van der Waals surface area contributed by atoms with Crippen molar-refractivity contribution >= 4 is 20.9 Å². The van der Waals surface area contributed by atoms with Crippen molar-refractivity contribution in [3.8, 4) is 0 Å². The summed E-state index contributed by atoms with van der Waals surface area (Å²) in [5.41, 5.74) is 0.1000. The van der Waals surface area contributed by atoms with Crippen LogP contribution in [-0.4, -0.2) is 45.9 Å². The first-order valence-electron chi connectivity index (χ1n) is 9.00. The topological polar surface area (TPSA) is 65.2 Å². The van der Waals surface area contributed by atoms with Crippen molar-refractivity contribution in [2.24, 2.45) is 0 Å². The second-order valence-corrected chi connectivity index (χ2v) is 6.45. The number of fused-ring (bicyclic) bond motifs is 1. The fourth-order valence-electron chi connectivity index (χ4n) is 1.67. The lowest BCUT2D eigenvalue weighted by atomic mass is 10.1. The molecule has 0 spiro atoms. The van der Waals surface area contributed by atoms with E-state index in [1.807, 2.05) is 0 Å². The van der Waals surface area contributed by atoms with E-state index in [-0.39, 0.29) is 46.7 Å². The maximum Gasteiger partial charge on any atom is 0.215 e. The predicted octanol–water partition coefficient (Wildman–Crippen LogP) is 1.32. The highest BCUT2D eigenvalue weighted by atomic mass is 32.2. The summed E-state index contributed by atoms with van der Waals surface area (Å²) in [6.07, 6.45) is -0.375. The van der Waals surface area contributed by atoms with Crippen LogP contribution in [0.25, 0.3) is 10.9 Å². The lowest BCUT2D eigenvalue weighted by Gasteiger charge is -2.08. The molecule has 0 amide bonds. The molecule has 2 N–H and O–H groups in total. The number of nitrogens with one attached hydrogen (secondary N) is 2. The van der Waals surface area contributed by atoms with Crippen molar-refractivity contribution in [1.82, 2.24) is 14.6 Å². The summed E-state index contributed by atoms with van der Waals surface area (Å²) in [4.78, 5) is 3.97. The smallest absolute Gasteiger partial charge is 0.215 e.